The van der Waals surface area contributed by atoms with Gasteiger partial charge in [0, 0.05) is 27.2 Å². The van der Waals surface area contributed by atoms with Crippen LogP contribution in [0.4, 0.5) is 0 Å². The second kappa shape index (κ2) is 4.07. The lowest BCUT2D eigenvalue weighted by Gasteiger charge is -1.98. The number of aldehydes is 1. The second-order valence-corrected chi connectivity index (χ2v) is 4.47. The zero-order valence-electron chi connectivity index (χ0n) is 8.83. The van der Waals surface area contributed by atoms with Crippen LogP contribution in [0.3, 0.4) is 0 Å². The molecule has 3 rings (SSSR count). The fourth-order valence-electron chi connectivity index (χ4n) is 1.76. The summed E-state index contributed by atoms with van der Waals surface area (Å²) in [6.45, 7) is 0. The van der Waals surface area contributed by atoms with E-state index in [4.69, 9.17) is 0 Å². The van der Waals surface area contributed by atoms with E-state index in [1.165, 1.54) is 4.70 Å². The van der Waals surface area contributed by atoms with E-state index in [9.17, 15) is 4.79 Å². The monoisotopic (exact) mass is 240 g/mol. The molecule has 0 aliphatic heterocycles. The van der Waals surface area contributed by atoms with Crippen LogP contribution in [-0.2, 0) is 0 Å². The fourth-order valence-corrected chi connectivity index (χ4v) is 2.71. The van der Waals surface area contributed by atoms with Crippen molar-refractivity contribution in [1.82, 2.24) is 9.97 Å². The van der Waals surface area contributed by atoms with Crippen LogP contribution in [0.2, 0.25) is 0 Å². The first kappa shape index (κ1) is 10.1. The third-order valence-corrected chi connectivity index (χ3v) is 3.50. The van der Waals surface area contributed by atoms with Gasteiger partial charge in [-0.2, -0.15) is 0 Å². The summed E-state index contributed by atoms with van der Waals surface area (Å²) in [5.74, 6) is 0.220. The number of hydrogen-bond donors (Lipinski definition) is 0. The average Bonchev–Trinajstić information content (AvgIpc) is 2.82. The Balaban J connectivity index is 2.23. The van der Waals surface area contributed by atoms with Gasteiger partial charge in [0.05, 0.1) is 5.69 Å². The lowest BCUT2D eigenvalue weighted by Crippen LogP contribution is -1.93. The molecule has 0 bridgehead atoms. The van der Waals surface area contributed by atoms with Crippen molar-refractivity contribution in [3.63, 3.8) is 0 Å². The van der Waals surface area contributed by atoms with Crippen LogP contribution in [0.25, 0.3) is 21.3 Å². The molecular weight excluding hydrogens is 232 g/mol. The van der Waals surface area contributed by atoms with Crippen molar-refractivity contribution in [1.29, 1.82) is 0 Å². The number of nitrogens with zero attached hydrogens (tertiary/aromatic N) is 2. The molecule has 0 fully saturated rings. The highest BCUT2D eigenvalue weighted by Gasteiger charge is 2.07. The number of benzene rings is 1. The highest BCUT2D eigenvalue weighted by atomic mass is 32.1. The topological polar surface area (TPSA) is 42.9 Å². The Morgan fingerprint density at radius 3 is 2.94 bits per heavy atom. The van der Waals surface area contributed by atoms with Crippen molar-refractivity contribution in [3.05, 3.63) is 47.7 Å². The number of hydrogen-bond acceptors (Lipinski definition) is 4. The molecule has 0 N–H and O–H groups in total. The Labute approximate surface area is 102 Å². The average molecular weight is 240 g/mol. The smallest absolute Gasteiger partial charge is 0.193 e. The van der Waals surface area contributed by atoms with E-state index in [1.54, 1.807) is 17.5 Å². The second-order valence-electron chi connectivity index (χ2n) is 3.56. The van der Waals surface area contributed by atoms with Crippen LogP contribution >= 0.6 is 11.3 Å². The van der Waals surface area contributed by atoms with E-state index in [-0.39, 0.29) is 5.82 Å². The van der Waals surface area contributed by atoms with E-state index < -0.39 is 0 Å². The molecule has 2 heterocycles. The molecule has 0 saturated heterocycles. The van der Waals surface area contributed by atoms with Crippen molar-refractivity contribution in [2.24, 2.45) is 0 Å². The molecule has 0 radical (unpaired) electrons. The van der Waals surface area contributed by atoms with Gasteiger partial charge in [-0.1, -0.05) is 18.2 Å². The number of aromatic nitrogens is 2. The molecule has 0 atom stereocenters. The summed E-state index contributed by atoms with van der Waals surface area (Å²) in [4.78, 5) is 18.8. The number of carbonyl (C=O) groups is 1. The normalized spacial score (nSPS) is 10.6. The maximum Gasteiger partial charge on any atom is 0.193 e. The number of rotatable bonds is 2. The van der Waals surface area contributed by atoms with Crippen LogP contribution in [0.5, 0.6) is 0 Å². The van der Waals surface area contributed by atoms with Crippen molar-refractivity contribution in [2.75, 3.05) is 0 Å². The highest BCUT2D eigenvalue weighted by Crippen LogP contribution is 2.32. The van der Waals surface area contributed by atoms with E-state index in [1.807, 2.05) is 18.2 Å². The Hall–Kier alpha value is -2.07. The van der Waals surface area contributed by atoms with E-state index in [0.29, 0.717) is 6.29 Å². The third kappa shape index (κ3) is 1.72. The standard InChI is InChI=1S/C13H8N2OS/c16-7-13-14-6-5-11(15-13)10-8-17-12-4-2-1-3-9(10)12/h1-8H. The molecule has 0 saturated carbocycles. The molecule has 0 aliphatic carbocycles. The zero-order valence-corrected chi connectivity index (χ0v) is 9.65. The largest absolute Gasteiger partial charge is 0.294 e. The Bertz CT molecular complexity index is 690. The van der Waals surface area contributed by atoms with Gasteiger partial charge in [0.1, 0.15) is 0 Å². The highest BCUT2D eigenvalue weighted by molar-refractivity contribution is 7.17. The SMILES string of the molecule is O=Cc1nccc(-c2csc3ccccc23)n1. The van der Waals surface area contributed by atoms with Crippen molar-refractivity contribution < 1.29 is 4.79 Å². The number of fused-ring (bicyclic) bond motifs is 1. The van der Waals surface area contributed by atoms with Crippen molar-refractivity contribution in [3.8, 4) is 11.3 Å². The van der Waals surface area contributed by atoms with Gasteiger partial charge in [-0.05, 0) is 12.1 Å². The molecule has 0 spiro atoms. The predicted octanol–water partition coefficient (Wildman–Crippen LogP) is 3.17. The molecule has 3 aromatic rings. The third-order valence-electron chi connectivity index (χ3n) is 2.54. The molecule has 3 nitrogen and oxygen atoms in total. The van der Waals surface area contributed by atoms with Crippen LogP contribution in [0, 0.1) is 0 Å². The van der Waals surface area contributed by atoms with Gasteiger partial charge in [0.15, 0.2) is 12.1 Å². The first-order chi connectivity index (χ1) is 8.38. The van der Waals surface area contributed by atoms with E-state index in [2.05, 4.69) is 27.5 Å². The summed E-state index contributed by atoms with van der Waals surface area (Å²) in [5, 5.41) is 3.22. The van der Waals surface area contributed by atoms with Crippen molar-refractivity contribution >= 4 is 27.7 Å². The fraction of sp³-hybridized carbons (Fsp3) is 0. The summed E-state index contributed by atoms with van der Waals surface area (Å²) in [7, 11) is 0. The van der Waals surface area contributed by atoms with Gasteiger partial charge in [-0.15, -0.1) is 11.3 Å². The summed E-state index contributed by atoms with van der Waals surface area (Å²) >= 11 is 1.67. The molecule has 82 valence electrons. The van der Waals surface area contributed by atoms with E-state index in [0.717, 1.165) is 16.6 Å². The molecule has 0 amide bonds. The molecule has 4 heteroatoms. The molecule has 0 unspecified atom stereocenters. The van der Waals surface area contributed by atoms with Gasteiger partial charge in [0.2, 0.25) is 0 Å². The molecule has 1 aromatic carbocycles. The van der Waals surface area contributed by atoms with Crippen LogP contribution in [0.15, 0.2) is 41.9 Å². The Morgan fingerprint density at radius 1 is 1.18 bits per heavy atom. The van der Waals surface area contributed by atoms with Gasteiger partial charge in [0.25, 0.3) is 0 Å². The Kier molecular flexibility index (Phi) is 2.42. The minimum Gasteiger partial charge on any atom is -0.294 e. The van der Waals surface area contributed by atoms with Crippen molar-refractivity contribution in [2.45, 2.75) is 0 Å². The first-order valence-electron chi connectivity index (χ1n) is 5.13. The van der Waals surface area contributed by atoms with Gasteiger partial charge < -0.3 is 0 Å². The predicted molar refractivity (Wildman–Crippen MR) is 68.2 cm³/mol. The summed E-state index contributed by atoms with van der Waals surface area (Å²) in [6.07, 6.45) is 2.27. The van der Waals surface area contributed by atoms with Gasteiger partial charge in [-0.25, -0.2) is 9.97 Å². The van der Waals surface area contributed by atoms with E-state index >= 15 is 0 Å². The maximum atomic E-state index is 10.7. The van der Waals surface area contributed by atoms with Crippen LogP contribution in [-0.4, -0.2) is 16.3 Å². The van der Waals surface area contributed by atoms with Crippen LogP contribution in [0.1, 0.15) is 10.6 Å². The molecule has 17 heavy (non-hydrogen) atoms. The lowest BCUT2D eigenvalue weighted by atomic mass is 10.1. The quantitative estimate of drug-likeness (QED) is 0.646. The summed E-state index contributed by atoms with van der Waals surface area (Å²) in [6, 6.07) is 9.97. The number of thiophene rings is 1. The zero-order chi connectivity index (χ0) is 11.7. The Morgan fingerprint density at radius 2 is 2.06 bits per heavy atom. The minimum atomic E-state index is 0.220. The maximum absolute atomic E-state index is 10.7. The number of carbonyl (C=O) groups excluding carboxylic acids is 1. The lowest BCUT2D eigenvalue weighted by molar-refractivity contribution is 0.111. The summed E-state index contributed by atoms with van der Waals surface area (Å²) in [5.41, 5.74) is 1.84. The summed E-state index contributed by atoms with van der Waals surface area (Å²) < 4.78 is 1.22. The molecular formula is C13H8N2OS. The molecule has 2 aromatic heterocycles. The molecule has 0 aliphatic rings. The van der Waals surface area contributed by atoms with Gasteiger partial charge >= 0.3 is 0 Å². The van der Waals surface area contributed by atoms with Gasteiger partial charge in [-0.3, -0.25) is 4.79 Å². The first-order valence-corrected chi connectivity index (χ1v) is 6.01. The van der Waals surface area contributed by atoms with Crippen LogP contribution < -0.4 is 0 Å². The minimum absolute atomic E-state index is 0.220.